The van der Waals surface area contributed by atoms with Crippen LogP contribution in [0.2, 0.25) is 0 Å². The first kappa shape index (κ1) is 9.77. The van der Waals surface area contributed by atoms with Crippen LogP contribution in [-0.2, 0) is 9.53 Å². The molecule has 78 valence electrons. The topological polar surface area (TPSA) is 38.3 Å². The summed E-state index contributed by atoms with van der Waals surface area (Å²) in [6, 6.07) is 9.79. The van der Waals surface area contributed by atoms with Crippen molar-refractivity contribution in [3.63, 3.8) is 0 Å². The van der Waals surface area contributed by atoms with Crippen molar-refractivity contribution in [2.24, 2.45) is 0 Å². The van der Waals surface area contributed by atoms with Crippen molar-refractivity contribution in [1.82, 2.24) is 0 Å². The van der Waals surface area contributed by atoms with E-state index in [1.54, 1.807) is 0 Å². The fourth-order valence-corrected chi connectivity index (χ4v) is 1.58. The summed E-state index contributed by atoms with van der Waals surface area (Å²) in [6.45, 7) is 1.89. The number of nitrogens with one attached hydrogen (secondary N) is 1. The molecule has 0 aliphatic carbocycles. The van der Waals surface area contributed by atoms with Gasteiger partial charge in [0.25, 0.3) is 0 Å². The van der Waals surface area contributed by atoms with Crippen molar-refractivity contribution >= 4 is 11.7 Å². The largest absolute Gasteiger partial charge is 0.459 e. The Labute approximate surface area is 88.8 Å². The predicted molar refractivity (Wildman–Crippen MR) is 58.3 cm³/mol. The summed E-state index contributed by atoms with van der Waals surface area (Å²) in [5.41, 5.74) is 1.90. The van der Waals surface area contributed by atoms with Gasteiger partial charge in [-0.2, -0.15) is 0 Å². The summed E-state index contributed by atoms with van der Waals surface area (Å²) in [7, 11) is 0. The molecule has 1 heterocycles. The zero-order valence-electron chi connectivity index (χ0n) is 8.57. The van der Waals surface area contributed by atoms with E-state index < -0.39 is 0 Å². The fourth-order valence-electron chi connectivity index (χ4n) is 1.58. The molecule has 0 saturated heterocycles. The molecular weight excluding hydrogens is 190 g/mol. The first-order valence-electron chi connectivity index (χ1n) is 4.97. The van der Waals surface area contributed by atoms with Crippen LogP contribution in [0.1, 0.15) is 13.3 Å². The van der Waals surface area contributed by atoms with Crippen molar-refractivity contribution in [1.29, 1.82) is 0 Å². The lowest BCUT2D eigenvalue weighted by molar-refractivity contribution is -0.143. The molecule has 0 fully saturated rings. The standard InChI is InChI=1S/C12H13NO2/c1-9-7-11(8-12(14)15-9)13-10-5-3-2-4-6-10/h2-6,8-9,13H,7H2,1H3/t9-/m0/s1. The van der Waals surface area contributed by atoms with Gasteiger partial charge < -0.3 is 10.1 Å². The van der Waals surface area contributed by atoms with Crippen LogP contribution in [0.4, 0.5) is 5.69 Å². The fraction of sp³-hybridized carbons (Fsp3) is 0.250. The molecule has 2 rings (SSSR count). The number of cyclic esters (lactones) is 1. The summed E-state index contributed by atoms with van der Waals surface area (Å²) in [5, 5.41) is 3.20. The van der Waals surface area contributed by atoms with Crippen LogP contribution < -0.4 is 5.32 Å². The van der Waals surface area contributed by atoms with E-state index in [1.165, 1.54) is 6.08 Å². The predicted octanol–water partition coefficient (Wildman–Crippen LogP) is 2.32. The number of esters is 1. The Hall–Kier alpha value is -1.77. The Morgan fingerprint density at radius 1 is 1.33 bits per heavy atom. The van der Waals surface area contributed by atoms with Gasteiger partial charge in [-0.05, 0) is 19.1 Å². The summed E-state index contributed by atoms with van der Waals surface area (Å²) in [6.07, 6.45) is 2.20. The van der Waals surface area contributed by atoms with Crippen LogP contribution in [0.25, 0.3) is 0 Å². The first-order chi connectivity index (χ1) is 7.24. The first-order valence-corrected chi connectivity index (χ1v) is 4.97. The minimum atomic E-state index is -0.271. The number of para-hydroxylation sites is 1. The third-order valence-electron chi connectivity index (χ3n) is 2.20. The second kappa shape index (κ2) is 4.17. The number of benzene rings is 1. The summed E-state index contributed by atoms with van der Waals surface area (Å²) < 4.78 is 5.00. The highest BCUT2D eigenvalue weighted by Gasteiger charge is 2.17. The monoisotopic (exact) mass is 203 g/mol. The molecule has 0 saturated carbocycles. The number of hydrogen-bond acceptors (Lipinski definition) is 3. The maximum Gasteiger partial charge on any atom is 0.332 e. The minimum absolute atomic E-state index is 0.0475. The van der Waals surface area contributed by atoms with Gasteiger partial charge in [0.15, 0.2) is 0 Å². The SMILES string of the molecule is C[C@H]1CC(Nc2ccccc2)=CC(=O)O1. The van der Waals surface area contributed by atoms with Crippen LogP contribution in [0, 0.1) is 0 Å². The van der Waals surface area contributed by atoms with Crippen LogP contribution >= 0.6 is 0 Å². The zero-order valence-corrected chi connectivity index (χ0v) is 8.57. The molecule has 15 heavy (non-hydrogen) atoms. The Morgan fingerprint density at radius 2 is 2.07 bits per heavy atom. The Morgan fingerprint density at radius 3 is 2.73 bits per heavy atom. The van der Waals surface area contributed by atoms with Gasteiger partial charge in [0.2, 0.25) is 0 Å². The number of carbonyl (C=O) groups is 1. The molecule has 1 aromatic rings. The molecule has 0 amide bonds. The molecule has 0 unspecified atom stereocenters. The molecule has 1 aliphatic heterocycles. The van der Waals surface area contributed by atoms with Crippen molar-refractivity contribution in [2.45, 2.75) is 19.4 Å². The van der Waals surface area contributed by atoms with Crippen LogP contribution in [0.15, 0.2) is 42.1 Å². The highest BCUT2D eigenvalue weighted by atomic mass is 16.5. The van der Waals surface area contributed by atoms with E-state index >= 15 is 0 Å². The lowest BCUT2D eigenvalue weighted by Gasteiger charge is -2.20. The molecule has 0 radical (unpaired) electrons. The van der Waals surface area contributed by atoms with E-state index in [-0.39, 0.29) is 12.1 Å². The molecule has 0 aromatic heterocycles. The van der Waals surface area contributed by atoms with Crippen molar-refractivity contribution in [3.8, 4) is 0 Å². The van der Waals surface area contributed by atoms with Gasteiger partial charge in [-0.15, -0.1) is 0 Å². The van der Waals surface area contributed by atoms with E-state index in [4.69, 9.17) is 4.74 Å². The van der Waals surface area contributed by atoms with Crippen molar-refractivity contribution in [2.75, 3.05) is 5.32 Å². The number of rotatable bonds is 2. The molecule has 1 atom stereocenters. The normalized spacial score (nSPS) is 20.5. The van der Waals surface area contributed by atoms with E-state index in [9.17, 15) is 4.79 Å². The van der Waals surface area contributed by atoms with Crippen molar-refractivity contribution < 1.29 is 9.53 Å². The summed E-state index contributed by atoms with van der Waals surface area (Å²) in [5.74, 6) is -0.271. The smallest absolute Gasteiger partial charge is 0.332 e. The van der Waals surface area contributed by atoms with Gasteiger partial charge in [0, 0.05) is 23.9 Å². The summed E-state index contributed by atoms with van der Waals surface area (Å²) >= 11 is 0. The average Bonchev–Trinajstić information content (AvgIpc) is 2.17. The minimum Gasteiger partial charge on any atom is -0.459 e. The van der Waals surface area contributed by atoms with Gasteiger partial charge in [0.1, 0.15) is 6.10 Å². The highest BCUT2D eigenvalue weighted by molar-refractivity contribution is 5.84. The van der Waals surface area contributed by atoms with Crippen LogP contribution in [-0.4, -0.2) is 12.1 Å². The molecule has 3 heteroatoms. The maximum atomic E-state index is 11.1. The average molecular weight is 203 g/mol. The second-order valence-corrected chi connectivity index (χ2v) is 3.61. The number of hydrogen-bond donors (Lipinski definition) is 1. The molecule has 3 nitrogen and oxygen atoms in total. The third-order valence-corrected chi connectivity index (χ3v) is 2.20. The summed E-state index contributed by atoms with van der Waals surface area (Å²) in [4.78, 5) is 11.1. The van der Waals surface area contributed by atoms with Gasteiger partial charge in [-0.3, -0.25) is 0 Å². The van der Waals surface area contributed by atoms with Gasteiger partial charge in [-0.25, -0.2) is 4.79 Å². The quantitative estimate of drug-likeness (QED) is 0.749. The second-order valence-electron chi connectivity index (χ2n) is 3.61. The van der Waals surface area contributed by atoms with E-state index in [2.05, 4.69) is 5.32 Å². The van der Waals surface area contributed by atoms with Crippen LogP contribution in [0.5, 0.6) is 0 Å². The lowest BCUT2D eigenvalue weighted by atomic mass is 10.1. The molecule has 1 aromatic carbocycles. The van der Waals surface area contributed by atoms with E-state index in [1.807, 2.05) is 37.3 Å². The Bertz CT molecular complexity index is 384. The molecule has 1 N–H and O–H groups in total. The molecule has 1 aliphatic rings. The third kappa shape index (κ3) is 2.59. The number of carbonyl (C=O) groups excluding carboxylic acids is 1. The number of anilines is 1. The van der Waals surface area contributed by atoms with Crippen LogP contribution in [0.3, 0.4) is 0 Å². The maximum absolute atomic E-state index is 11.1. The van der Waals surface area contributed by atoms with Gasteiger partial charge in [0.05, 0.1) is 0 Å². The molecule has 0 bridgehead atoms. The Balaban J connectivity index is 2.09. The molecular formula is C12H13NO2. The van der Waals surface area contributed by atoms with Gasteiger partial charge >= 0.3 is 5.97 Å². The molecule has 0 spiro atoms. The number of ether oxygens (including phenoxy) is 1. The Kier molecular flexibility index (Phi) is 2.72. The van der Waals surface area contributed by atoms with E-state index in [0.717, 1.165) is 17.8 Å². The highest BCUT2D eigenvalue weighted by Crippen LogP contribution is 2.17. The zero-order chi connectivity index (χ0) is 10.7. The van der Waals surface area contributed by atoms with E-state index in [0.29, 0.717) is 0 Å². The lowest BCUT2D eigenvalue weighted by Crippen LogP contribution is -2.22. The van der Waals surface area contributed by atoms with Crippen molar-refractivity contribution in [3.05, 3.63) is 42.1 Å². The van der Waals surface area contributed by atoms with Gasteiger partial charge in [-0.1, -0.05) is 18.2 Å².